The Morgan fingerprint density at radius 3 is 2.64 bits per heavy atom. The van der Waals surface area contributed by atoms with Crippen molar-refractivity contribution in [3.63, 3.8) is 0 Å². The van der Waals surface area contributed by atoms with Gasteiger partial charge in [0, 0.05) is 18.1 Å². The molecule has 0 aliphatic carbocycles. The molecule has 1 aromatic heterocycles. The molecule has 2 heterocycles. The molecule has 1 aliphatic heterocycles. The summed E-state index contributed by atoms with van der Waals surface area (Å²) >= 11 is 0. The quantitative estimate of drug-likeness (QED) is 0.516. The van der Waals surface area contributed by atoms with Crippen LogP contribution in [0.3, 0.4) is 0 Å². The predicted octanol–water partition coefficient (Wildman–Crippen LogP) is 5.26. The molecule has 0 spiro atoms. The topological polar surface area (TPSA) is 36.1 Å². The van der Waals surface area contributed by atoms with Crippen LogP contribution in [0.2, 0.25) is 0 Å². The summed E-state index contributed by atoms with van der Waals surface area (Å²) in [5.74, 6) is 0.0770. The average molecular weight is 366 g/mol. The molecular formula is C25H22N2O. The maximum Gasteiger partial charge on any atom is 0.256 e. The molecule has 0 bridgehead atoms. The number of para-hydroxylation sites is 1. The third-order valence-electron chi connectivity index (χ3n) is 5.76. The Morgan fingerprint density at radius 2 is 1.79 bits per heavy atom. The second-order valence-electron chi connectivity index (χ2n) is 7.51. The molecule has 1 aliphatic rings. The Hall–Kier alpha value is -3.33. The van der Waals surface area contributed by atoms with Crippen molar-refractivity contribution in [2.24, 2.45) is 0 Å². The lowest BCUT2D eigenvalue weighted by atomic mass is 9.87. The second kappa shape index (κ2) is 6.68. The first-order valence-electron chi connectivity index (χ1n) is 9.74. The molecule has 1 atom stereocenters. The number of rotatable bonds is 2. The van der Waals surface area contributed by atoms with Crippen LogP contribution in [0.5, 0.6) is 0 Å². The van der Waals surface area contributed by atoms with Crippen molar-refractivity contribution in [2.45, 2.75) is 19.4 Å². The minimum atomic E-state index is -0.0664. The van der Waals surface area contributed by atoms with E-state index in [-0.39, 0.29) is 11.9 Å². The maximum atomic E-state index is 13.7. The second-order valence-corrected chi connectivity index (χ2v) is 7.51. The van der Waals surface area contributed by atoms with Gasteiger partial charge in [0.05, 0.1) is 17.1 Å². The molecule has 0 fully saturated rings. The summed E-state index contributed by atoms with van der Waals surface area (Å²) in [6, 6.07) is 24.9. The zero-order valence-electron chi connectivity index (χ0n) is 15.9. The lowest BCUT2D eigenvalue weighted by molar-refractivity contribution is 0.0696. The van der Waals surface area contributed by atoms with Gasteiger partial charge in [-0.15, -0.1) is 0 Å². The number of amides is 1. The van der Waals surface area contributed by atoms with Crippen molar-refractivity contribution in [1.82, 2.24) is 9.88 Å². The first-order valence-corrected chi connectivity index (χ1v) is 9.74. The van der Waals surface area contributed by atoms with Crippen LogP contribution in [0.1, 0.15) is 38.7 Å². The van der Waals surface area contributed by atoms with Gasteiger partial charge < -0.3 is 9.88 Å². The van der Waals surface area contributed by atoms with E-state index in [2.05, 4.69) is 60.4 Å². The maximum absolute atomic E-state index is 13.7. The standard InChI is InChI=1S/C25H22N2O/c1-17-9-11-20(12-10-17)24-21-7-3-2-5-18(21)14-16-27(24)25(28)22-8-4-6-19-13-15-26-23(19)22/h2-13,15,24,26H,14,16H2,1H3. The first-order chi connectivity index (χ1) is 13.7. The lowest BCUT2D eigenvalue weighted by Crippen LogP contribution is -2.40. The van der Waals surface area contributed by atoms with Gasteiger partial charge in [0.15, 0.2) is 0 Å². The predicted molar refractivity (Wildman–Crippen MR) is 113 cm³/mol. The van der Waals surface area contributed by atoms with E-state index in [9.17, 15) is 4.79 Å². The Kier molecular flexibility index (Phi) is 4.01. The van der Waals surface area contributed by atoms with Gasteiger partial charge in [-0.2, -0.15) is 0 Å². The molecule has 1 amide bonds. The fraction of sp³-hybridized carbons (Fsp3) is 0.160. The monoisotopic (exact) mass is 366 g/mol. The van der Waals surface area contributed by atoms with E-state index in [1.54, 1.807) is 0 Å². The molecule has 4 aromatic rings. The van der Waals surface area contributed by atoms with Gasteiger partial charge in [-0.1, -0.05) is 66.2 Å². The highest BCUT2D eigenvalue weighted by atomic mass is 16.2. The number of carbonyl (C=O) groups excluding carboxylic acids is 1. The zero-order chi connectivity index (χ0) is 19.1. The number of aryl methyl sites for hydroxylation is 1. The van der Waals surface area contributed by atoms with Crippen LogP contribution in [0.15, 0.2) is 79.0 Å². The molecule has 1 unspecified atom stereocenters. The average Bonchev–Trinajstić information content (AvgIpc) is 3.22. The minimum absolute atomic E-state index is 0.0664. The summed E-state index contributed by atoms with van der Waals surface area (Å²) in [7, 11) is 0. The van der Waals surface area contributed by atoms with Crippen LogP contribution in [0, 0.1) is 6.92 Å². The van der Waals surface area contributed by atoms with Gasteiger partial charge in [0.1, 0.15) is 0 Å². The number of aromatic nitrogens is 1. The minimum Gasteiger partial charge on any atom is -0.361 e. The van der Waals surface area contributed by atoms with Crippen molar-refractivity contribution in [3.05, 3.63) is 107 Å². The summed E-state index contributed by atoms with van der Waals surface area (Å²) < 4.78 is 0. The van der Waals surface area contributed by atoms with Gasteiger partial charge >= 0.3 is 0 Å². The number of benzene rings is 3. The van der Waals surface area contributed by atoms with E-state index in [1.165, 1.54) is 16.7 Å². The summed E-state index contributed by atoms with van der Waals surface area (Å²) in [6.45, 7) is 2.80. The van der Waals surface area contributed by atoms with E-state index in [0.29, 0.717) is 6.54 Å². The van der Waals surface area contributed by atoms with Gasteiger partial charge in [-0.3, -0.25) is 4.79 Å². The summed E-state index contributed by atoms with van der Waals surface area (Å²) in [6.07, 6.45) is 2.77. The highest BCUT2D eigenvalue weighted by Gasteiger charge is 2.33. The number of H-pyrrole nitrogens is 1. The molecular weight excluding hydrogens is 344 g/mol. The Balaban J connectivity index is 1.64. The molecule has 1 N–H and O–H groups in total. The fourth-order valence-electron chi connectivity index (χ4n) is 4.31. The molecule has 3 aromatic carbocycles. The van der Waals surface area contributed by atoms with Crippen LogP contribution in [-0.2, 0) is 6.42 Å². The van der Waals surface area contributed by atoms with Crippen molar-refractivity contribution in [3.8, 4) is 0 Å². The van der Waals surface area contributed by atoms with Gasteiger partial charge in [0.25, 0.3) is 5.91 Å². The molecule has 28 heavy (non-hydrogen) atoms. The molecule has 3 nitrogen and oxygen atoms in total. The number of nitrogens with one attached hydrogen (secondary N) is 1. The van der Waals surface area contributed by atoms with Crippen LogP contribution in [-0.4, -0.2) is 22.3 Å². The molecule has 0 saturated heterocycles. The van der Waals surface area contributed by atoms with E-state index in [4.69, 9.17) is 0 Å². The third-order valence-corrected chi connectivity index (χ3v) is 5.76. The fourth-order valence-corrected chi connectivity index (χ4v) is 4.31. The number of carbonyl (C=O) groups is 1. The molecule has 0 saturated carbocycles. The molecule has 3 heteroatoms. The Labute approximate surface area is 164 Å². The van der Waals surface area contributed by atoms with E-state index < -0.39 is 0 Å². The lowest BCUT2D eigenvalue weighted by Gasteiger charge is -2.38. The van der Waals surface area contributed by atoms with E-state index in [1.807, 2.05) is 35.4 Å². The number of fused-ring (bicyclic) bond motifs is 2. The van der Waals surface area contributed by atoms with Crippen LogP contribution >= 0.6 is 0 Å². The van der Waals surface area contributed by atoms with Crippen molar-refractivity contribution in [1.29, 1.82) is 0 Å². The van der Waals surface area contributed by atoms with Crippen LogP contribution in [0.25, 0.3) is 10.9 Å². The largest absolute Gasteiger partial charge is 0.361 e. The normalized spacial score (nSPS) is 16.2. The van der Waals surface area contributed by atoms with Crippen molar-refractivity contribution < 1.29 is 4.79 Å². The number of nitrogens with zero attached hydrogens (tertiary/aromatic N) is 1. The summed E-state index contributed by atoms with van der Waals surface area (Å²) in [5, 5.41) is 1.06. The molecule has 5 rings (SSSR count). The van der Waals surface area contributed by atoms with Gasteiger partial charge in [-0.05, 0) is 42.2 Å². The highest BCUT2D eigenvalue weighted by molar-refractivity contribution is 6.06. The molecule has 0 radical (unpaired) electrons. The summed E-state index contributed by atoms with van der Waals surface area (Å²) in [4.78, 5) is 19.0. The smallest absolute Gasteiger partial charge is 0.256 e. The molecule has 138 valence electrons. The van der Waals surface area contributed by atoms with E-state index >= 15 is 0 Å². The van der Waals surface area contributed by atoms with E-state index in [0.717, 1.165) is 28.5 Å². The van der Waals surface area contributed by atoms with Gasteiger partial charge in [-0.25, -0.2) is 0 Å². The third kappa shape index (κ3) is 2.71. The van der Waals surface area contributed by atoms with Crippen LogP contribution < -0.4 is 0 Å². The zero-order valence-corrected chi connectivity index (χ0v) is 15.9. The Morgan fingerprint density at radius 1 is 0.964 bits per heavy atom. The first kappa shape index (κ1) is 16.8. The SMILES string of the molecule is Cc1ccc(C2c3ccccc3CCN2C(=O)c2cccc3cc[nH]c23)cc1. The number of aromatic amines is 1. The van der Waals surface area contributed by atoms with Crippen molar-refractivity contribution >= 4 is 16.8 Å². The highest BCUT2D eigenvalue weighted by Crippen LogP contribution is 2.36. The van der Waals surface area contributed by atoms with Crippen LogP contribution in [0.4, 0.5) is 0 Å². The summed E-state index contributed by atoms with van der Waals surface area (Å²) in [5.41, 5.74) is 6.58. The number of hydrogen-bond acceptors (Lipinski definition) is 1. The Bertz CT molecular complexity index is 1160. The van der Waals surface area contributed by atoms with Gasteiger partial charge in [0.2, 0.25) is 0 Å². The van der Waals surface area contributed by atoms with Crippen molar-refractivity contribution in [2.75, 3.05) is 6.54 Å². The number of hydrogen-bond donors (Lipinski definition) is 1.